The van der Waals surface area contributed by atoms with Crippen LogP contribution in [0.1, 0.15) is 45.6 Å². The van der Waals surface area contributed by atoms with Crippen LogP contribution < -0.4 is 9.47 Å². The van der Waals surface area contributed by atoms with Crippen molar-refractivity contribution in [3.8, 4) is 11.5 Å². The van der Waals surface area contributed by atoms with Gasteiger partial charge in [-0.2, -0.15) is 0 Å². The maximum atomic E-state index is 14.0. The molecule has 0 N–H and O–H groups in total. The van der Waals surface area contributed by atoms with Crippen molar-refractivity contribution in [2.24, 2.45) is 0 Å². The maximum absolute atomic E-state index is 14.0. The second-order valence-electron chi connectivity index (χ2n) is 4.69. The fraction of sp³-hybridized carbons (Fsp3) is 0.529. The van der Waals surface area contributed by atoms with Crippen molar-refractivity contribution in [1.82, 2.24) is 0 Å². The molecule has 0 fully saturated rings. The highest BCUT2D eigenvalue weighted by Gasteiger charge is 2.12. The number of ether oxygens (including phenoxy) is 2. The molecule has 2 nitrogen and oxygen atoms in total. The normalized spacial score (nSPS) is 11.0. The molecule has 0 saturated carbocycles. The molecule has 0 saturated heterocycles. The van der Waals surface area contributed by atoms with Crippen molar-refractivity contribution >= 4 is 0 Å². The monoisotopic (exact) mass is 280 g/mol. The third kappa shape index (κ3) is 5.24. The largest absolute Gasteiger partial charge is 0.490 e. The Kier molecular flexibility index (Phi) is 7.78. The van der Waals surface area contributed by atoms with Crippen LogP contribution in [0.3, 0.4) is 0 Å². The summed E-state index contributed by atoms with van der Waals surface area (Å²) in [7, 11) is 0. The molecule has 0 unspecified atom stereocenters. The maximum Gasteiger partial charge on any atom is 0.164 e. The van der Waals surface area contributed by atoms with Crippen molar-refractivity contribution in [2.75, 3.05) is 13.2 Å². The molecule has 0 aliphatic rings. The van der Waals surface area contributed by atoms with E-state index in [4.69, 9.17) is 9.47 Å². The van der Waals surface area contributed by atoms with Crippen molar-refractivity contribution in [3.63, 3.8) is 0 Å². The summed E-state index contributed by atoms with van der Waals surface area (Å²) in [5.74, 6) is 0.939. The third-order valence-corrected chi connectivity index (χ3v) is 2.85. The second kappa shape index (κ2) is 9.40. The summed E-state index contributed by atoms with van der Waals surface area (Å²) in [6.07, 6.45) is 7.32. The van der Waals surface area contributed by atoms with Gasteiger partial charge in [0, 0.05) is 6.07 Å². The zero-order valence-corrected chi connectivity index (χ0v) is 12.7. The highest BCUT2D eigenvalue weighted by atomic mass is 19.1. The van der Waals surface area contributed by atoms with Gasteiger partial charge in [-0.25, -0.2) is 4.39 Å². The molecule has 0 aliphatic carbocycles. The molecule has 1 aromatic rings. The van der Waals surface area contributed by atoms with Crippen LogP contribution in [0.5, 0.6) is 11.5 Å². The quantitative estimate of drug-likeness (QED) is 0.598. The molecule has 0 aliphatic heterocycles. The number of rotatable bonds is 9. The van der Waals surface area contributed by atoms with Gasteiger partial charge < -0.3 is 9.47 Å². The molecular formula is C17H25FO2. The molecule has 0 radical (unpaired) electrons. The van der Waals surface area contributed by atoms with Crippen molar-refractivity contribution < 1.29 is 13.9 Å². The lowest BCUT2D eigenvalue weighted by Crippen LogP contribution is -2.03. The molecule has 0 amide bonds. The van der Waals surface area contributed by atoms with E-state index in [0.717, 1.165) is 19.3 Å². The Bertz CT molecular complexity index is 427. The highest BCUT2D eigenvalue weighted by Crippen LogP contribution is 2.31. The first kappa shape index (κ1) is 16.5. The molecule has 112 valence electrons. The zero-order chi connectivity index (χ0) is 14.8. The highest BCUT2D eigenvalue weighted by molar-refractivity contribution is 5.44. The molecule has 0 atom stereocenters. The summed E-state index contributed by atoms with van der Waals surface area (Å²) < 4.78 is 25.3. The SMILES string of the molecule is C/C=C\CCc1cc(OCCC)c(OCCC)cc1F. The van der Waals surface area contributed by atoms with Gasteiger partial charge in [0.15, 0.2) is 11.5 Å². The minimum Gasteiger partial charge on any atom is -0.490 e. The van der Waals surface area contributed by atoms with Crippen LogP contribution in [0, 0.1) is 5.82 Å². The average Bonchev–Trinajstić information content (AvgIpc) is 2.45. The lowest BCUT2D eigenvalue weighted by atomic mass is 10.1. The van der Waals surface area contributed by atoms with Crippen LogP contribution in [0.25, 0.3) is 0 Å². The predicted molar refractivity (Wildman–Crippen MR) is 81.1 cm³/mol. The fourth-order valence-electron chi connectivity index (χ4n) is 1.82. The van der Waals surface area contributed by atoms with Gasteiger partial charge in [-0.1, -0.05) is 26.0 Å². The predicted octanol–water partition coefficient (Wildman–Crippen LogP) is 4.91. The summed E-state index contributed by atoms with van der Waals surface area (Å²) in [5.41, 5.74) is 0.679. The molecule has 20 heavy (non-hydrogen) atoms. The van der Waals surface area contributed by atoms with Crippen LogP contribution in [-0.4, -0.2) is 13.2 Å². The van der Waals surface area contributed by atoms with E-state index in [1.54, 1.807) is 6.07 Å². The smallest absolute Gasteiger partial charge is 0.164 e. The second-order valence-corrected chi connectivity index (χ2v) is 4.69. The van der Waals surface area contributed by atoms with Gasteiger partial charge in [0.05, 0.1) is 13.2 Å². The van der Waals surface area contributed by atoms with Crippen LogP contribution in [-0.2, 0) is 6.42 Å². The van der Waals surface area contributed by atoms with Crippen LogP contribution in [0.4, 0.5) is 4.39 Å². The van der Waals surface area contributed by atoms with E-state index >= 15 is 0 Å². The van der Waals surface area contributed by atoms with E-state index in [1.807, 2.05) is 32.9 Å². The molecule has 0 spiro atoms. The Hall–Kier alpha value is -1.51. The molecule has 0 aromatic heterocycles. The number of hydrogen-bond acceptors (Lipinski definition) is 2. The van der Waals surface area contributed by atoms with Crippen LogP contribution in [0.15, 0.2) is 24.3 Å². The zero-order valence-electron chi connectivity index (χ0n) is 12.7. The minimum absolute atomic E-state index is 0.218. The Morgan fingerprint density at radius 3 is 2.20 bits per heavy atom. The summed E-state index contributed by atoms with van der Waals surface area (Å²) in [5, 5.41) is 0. The van der Waals surface area contributed by atoms with Crippen LogP contribution >= 0.6 is 0 Å². The summed E-state index contributed by atoms with van der Waals surface area (Å²) in [4.78, 5) is 0. The van der Waals surface area contributed by atoms with Crippen molar-refractivity contribution in [2.45, 2.75) is 46.5 Å². The average molecular weight is 280 g/mol. The first-order valence-electron chi connectivity index (χ1n) is 7.42. The van der Waals surface area contributed by atoms with Gasteiger partial charge in [0.2, 0.25) is 0 Å². The fourth-order valence-corrected chi connectivity index (χ4v) is 1.82. The van der Waals surface area contributed by atoms with Crippen LogP contribution in [0.2, 0.25) is 0 Å². The van der Waals surface area contributed by atoms with Crippen molar-refractivity contribution in [3.05, 3.63) is 35.7 Å². The van der Waals surface area contributed by atoms with Gasteiger partial charge in [0.1, 0.15) is 5.82 Å². The molecule has 3 heteroatoms. The number of halogens is 1. The third-order valence-electron chi connectivity index (χ3n) is 2.85. The Morgan fingerprint density at radius 2 is 1.65 bits per heavy atom. The number of aryl methyl sites for hydroxylation is 1. The standard InChI is InChI=1S/C17H25FO2/c1-4-7-8-9-14-12-16(19-10-5-2)17(13-15(14)18)20-11-6-3/h4,7,12-13H,5-6,8-11H2,1-3H3/b7-4-. The van der Waals surface area contributed by atoms with E-state index in [1.165, 1.54) is 6.07 Å². The number of allylic oxidation sites excluding steroid dienone is 2. The molecule has 1 aromatic carbocycles. The topological polar surface area (TPSA) is 18.5 Å². The van der Waals surface area contributed by atoms with Gasteiger partial charge in [-0.3, -0.25) is 0 Å². The Morgan fingerprint density at radius 1 is 1.05 bits per heavy atom. The van der Waals surface area contributed by atoms with Gasteiger partial charge >= 0.3 is 0 Å². The summed E-state index contributed by atoms with van der Waals surface area (Å²) in [6.45, 7) is 7.22. The van der Waals surface area contributed by atoms with Gasteiger partial charge in [-0.15, -0.1) is 0 Å². The number of hydrogen-bond donors (Lipinski definition) is 0. The van der Waals surface area contributed by atoms with E-state index in [0.29, 0.717) is 36.7 Å². The first-order valence-corrected chi connectivity index (χ1v) is 7.42. The van der Waals surface area contributed by atoms with E-state index < -0.39 is 0 Å². The first-order chi connectivity index (χ1) is 9.72. The van der Waals surface area contributed by atoms with E-state index in [-0.39, 0.29) is 5.82 Å². The minimum atomic E-state index is -0.218. The van der Waals surface area contributed by atoms with E-state index in [9.17, 15) is 4.39 Å². The van der Waals surface area contributed by atoms with E-state index in [2.05, 4.69) is 0 Å². The molecule has 0 heterocycles. The number of benzene rings is 1. The van der Waals surface area contributed by atoms with Gasteiger partial charge in [-0.05, 0) is 44.2 Å². The van der Waals surface area contributed by atoms with Gasteiger partial charge in [0.25, 0.3) is 0 Å². The van der Waals surface area contributed by atoms with Crippen molar-refractivity contribution in [1.29, 1.82) is 0 Å². The lowest BCUT2D eigenvalue weighted by molar-refractivity contribution is 0.266. The Labute approximate surface area is 121 Å². The molecule has 1 rings (SSSR count). The lowest BCUT2D eigenvalue weighted by Gasteiger charge is -2.14. The summed E-state index contributed by atoms with van der Waals surface area (Å²) >= 11 is 0. The Balaban J connectivity index is 2.90. The molecule has 0 bridgehead atoms. The summed E-state index contributed by atoms with van der Waals surface area (Å²) in [6, 6.07) is 3.23. The molecular weight excluding hydrogens is 255 g/mol.